The van der Waals surface area contributed by atoms with Gasteiger partial charge in [-0.05, 0) is 49.2 Å². The van der Waals surface area contributed by atoms with Crippen LogP contribution in [0.1, 0.15) is 12.0 Å². The van der Waals surface area contributed by atoms with Crippen LogP contribution in [0.2, 0.25) is 5.02 Å². The molecule has 1 atom stereocenters. The fourth-order valence-corrected chi connectivity index (χ4v) is 3.57. The topological polar surface area (TPSA) is 40.6 Å². The van der Waals surface area contributed by atoms with Gasteiger partial charge in [0.1, 0.15) is 0 Å². The predicted octanol–water partition coefficient (Wildman–Crippen LogP) is 3.83. The van der Waals surface area contributed by atoms with Crippen molar-refractivity contribution in [3.8, 4) is 0 Å². The minimum Gasteiger partial charge on any atom is -0.290 e. The minimum atomic E-state index is -0.452. The monoisotopic (exact) mass is 374 g/mol. The van der Waals surface area contributed by atoms with Crippen LogP contribution in [0.5, 0.6) is 0 Å². The molecule has 0 aliphatic carbocycles. The Kier molecular flexibility index (Phi) is 5.47. The normalized spacial score (nSPS) is 17.6. The van der Waals surface area contributed by atoms with Gasteiger partial charge in [0.15, 0.2) is 0 Å². The number of carbonyl (C=O) groups excluding carboxylic acids is 2. The highest BCUT2D eigenvalue weighted by atomic mass is 35.5. The first-order valence-electron chi connectivity index (χ1n) is 7.95. The number of imide groups is 1. The van der Waals surface area contributed by atoms with E-state index in [2.05, 4.69) is 24.3 Å². The quantitative estimate of drug-likeness (QED) is 0.589. The molecule has 25 heavy (non-hydrogen) atoms. The van der Waals surface area contributed by atoms with Gasteiger partial charge in [0.25, 0.3) is 5.91 Å². The van der Waals surface area contributed by atoms with Gasteiger partial charge in [0.2, 0.25) is 5.91 Å². The molecule has 130 valence electrons. The van der Waals surface area contributed by atoms with Crippen molar-refractivity contribution in [1.82, 2.24) is 4.90 Å². The van der Waals surface area contributed by atoms with Gasteiger partial charge in [-0.3, -0.25) is 14.5 Å². The summed E-state index contributed by atoms with van der Waals surface area (Å²) in [5.74, 6) is -0.391. The number of amides is 2. The minimum absolute atomic E-state index is 0.185. The summed E-state index contributed by atoms with van der Waals surface area (Å²) < 4.78 is 0. The Bertz CT molecular complexity index is 794. The summed E-state index contributed by atoms with van der Waals surface area (Å²) in [7, 11) is 1.87. The SMILES string of the molecule is CSc1ccc(CN(C)C2CC(=O)N(c3cccc(Cl)c3)C2=O)cc1. The van der Waals surface area contributed by atoms with E-state index in [9.17, 15) is 9.59 Å². The average molecular weight is 375 g/mol. The second-order valence-electron chi connectivity index (χ2n) is 6.03. The van der Waals surface area contributed by atoms with Crippen molar-refractivity contribution in [2.45, 2.75) is 23.9 Å². The molecular weight excluding hydrogens is 356 g/mol. The lowest BCUT2D eigenvalue weighted by atomic mass is 10.1. The van der Waals surface area contributed by atoms with E-state index in [1.165, 1.54) is 9.80 Å². The third-order valence-corrected chi connectivity index (χ3v) is 5.29. The van der Waals surface area contributed by atoms with E-state index in [-0.39, 0.29) is 18.2 Å². The number of halogens is 1. The third kappa shape index (κ3) is 3.89. The molecule has 2 amide bonds. The van der Waals surface area contributed by atoms with Gasteiger partial charge in [0.05, 0.1) is 18.2 Å². The number of nitrogens with zero attached hydrogens (tertiary/aromatic N) is 2. The summed E-state index contributed by atoms with van der Waals surface area (Å²) in [6.45, 7) is 0.613. The number of benzene rings is 2. The number of rotatable bonds is 5. The summed E-state index contributed by atoms with van der Waals surface area (Å²) >= 11 is 7.68. The van der Waals surface area contributed by atoms with E-state index in [4.69, 9.17) is 11.6 Å². The van der Waals surface area contributed by atoms with Crippen LogP contribution in [-0.4, -0.2) is 36.1 Å². The maximum absolute atomic E-state index is 12.8. The number of likely N-dealkylation sites (N-methyl/N-ethyl adjacent to an activating group) is 1. The molecule has 1 unspecified atom stereocenters. The van der Waals surface area contributed by atoms with Crippen LogP contribution in [0.3, 0.4) is 0 Å². The van der Waals surface area contributed by atoms with Gasteiger partial charge in [0, 0.05) is 16.5 Å². The molecule has 2 aromatic rings. The Morgan fingerprint density at radius 2 is 1.92 bits per heavy atom. The van der Waals surface area contributed by atoms with E-state index in [0.717, 1.165) is 5.56 Å². The molecule has 0 bridgehead atoms. The van der Waals surface area contributed by atoms with Crippen molar-refractivity contribution in [2.75, 3.05) is 18.2 Å². The summed E-state index contributed by atoms with van der Waals surface area (Å²) in [4.78, 5) is 29.5. The lowest BCUT2D eigenvalue weighted by Crippen LogP contribution is -2.39. The fraction of sp³-hybridized carbons (Fsp3) is 0.263. The highest BCUT2D eigenvalue weighted by molar-refractivity contribution is 7.98. The Balaban J connectivity index is 1.74. The van der Waals surface area contributed by atoms with Gasteiger partial charge in [-0.15, -0.1) is 11.8 Å². The van der Waals surface area contributed by atoms with Crippen LogP contribution in [0.15, 0.2) is 53.4 Å². The van der Waals surface area contributed by atoms with Gasteiger partial charge in [-0.25, -0.2) is 4.90 Å². The van der Waals surface area contributed by atoms with E-state index in [1.807, 2.05) is 18.2 Å². The van der Waals surface area contributed by atoms with Crippen molar-refractivity contribution in [3.63, 3.8) is 0 Å². The summed E-state index contributed by atoms with van der Waals surface area (Å²) in [6.07, 6.45) is 2.22. The first-order valence-corrected chi connectivity index (χ1v) is 9.55. The first-order chi connectivity index (χ1) is 12.0. The van der Waals surface area contributed by atoms with E-state index < -0.39 is 6.04 Å². The summed E-state index contributed by atoms with van der Waals surface area (Å²) in [5.41, 5.74) is 1.64. The molecular formula is C19H19ClN2O2S. The molecule has 1 heterocycles. The van der Waals surface area contributed by atoms with Gasteiger partial charge in [-0.2, -0.15) is 0 Å². The zero-order valence-electron chi connectivity index (χ0n) is 14.1. The summed E-state index contributed by atoms with van der Waals surface area (Å²) in [5, 5.41) is 0.504. The zero-order chi connectivity index (χ0) is 18.0. The molecule has 4 nitrogen and oxygen atoms in total. The lowest BCUT2D eigenvalue weighted by Gasteiger charge is -2.23. The zero-order valence-corrected chi connectivity index (χ0v) is 15.7. The van der Waals surface area contributed by atoms with Crippen LogP contribution in [0, 0.1) is 0 Å². The number of anilines is 1. The lowest BCUT2D eigenvalue weighted by molar-refractivity contribution is -0.122. The molecule has 1 aliphatic rings. The predicted molar refractivity (Wildman–Crippen MR) is 102 cm³/mol. The molecule has 0 radical (unpaired) electrons. The van der Waals surface area contributed by atoms with E-state index in [1.54, 1.807) is 36.0 Å². The maximum atomic E-state index is 12.8. The average Bonchev–Trinajstić information content (AvgIpc) is 2.90. The standard InChI is InChI=1S/C19H19ClN2O2S/c1-21(12-13-6-8-16(25-2)9-7-13)17-11-18(23)22(19(17)24)15-5-3-4-14(20)10-15/h3-10,17H,11-12H2,1-2H3. The Morgan fingerprint density at radius 1 is 1.20 bits per heavy atom. The van der Waals surface area contributed by atoms with Crippen LogP contribution in [0.4, 0.5) is 5.69 Å². The number of carbonyl (C=O) groups is 2. The molecule has 1 aliphatic heterocycles. The fourth-order valence-electron chi connectivity index (χ4n) is 2.98. The molecule has 2 aromatic carbocycles. The molecule has 0 aromatic heterocycles. The van der Waals surface area contributed by atoms with Crippen LogP contribution >= 0.6 is 23.4 Å². The first kappa shape index (κ1) is 18.0. The molecule has 0 saturated carbocycles. The Morgan fingerprint density at radius 3 is 2.56 bits per heavy atom. The number of hydrogen-bond acceptors (Lipinski definition) is 4. The van der Waals surface area contributed by atoms with Crippen molar-refractivity contribution in [1.29, 1.82) is 0 Å². The Hall–Kier alpha value is -1.82. The van der Waals surface area contributed by atoms with Crippen molar-refractivity contribution >= 4 is 40.9 Å². The summed E-state index contributed by atoms with van der Waals surface area (Å²) in [6, 6.07) is 14.6. The van der Waals surface area contributed by atoms with Crippen LogP contribution in [0.25, 0.3) is 0 Å². The van der Waals surface area contributed by atoms with E-state index >= 15 is 0 Å². The van der Waals surface area contributed by atoms with Crippen LogP contribution < -0.4 is 4.90 Å². The van der Waals surface area contributed by atoms with E-state index in [0.29, 0.717) is 17.3 Å². The largest absolute Gasteiger partial charge is 0.290 e. The van der Waals surface area contributed by atoms with Crippen molar-refractivity contribution in [3.05, 3.63) is 59.1 Å². The number of hydrogen-bond donors (Lipinski definition) is 0. The van der Waals surface area contributed by atoms with Gasteiger partial charge >= 0.3 is 0 Å². The van der Waals surface area contributed by atoms with Crippen molar-refractivity contribution in [2.24, 2.45) is 0 Å². The number of thioether (sulfide) groups is 1. The smallest absolute Gasteiger partial charge is 0.251 e. The van der Waals surface area contributed by atoms with Crippen molar-refractivity contribution < 1.29 is 9.59 Å². The molecule has 0 spiro atoms. The molecule has 1 saturated heterocycles. The second-order valence-corrected chi connectivity index (χ2v) is 7.35. The molecule has 0 N–H and O–H groups in total. The molecule has 3 rings (SSSR count). The highest BCUT2D eigenvalue weighted by Gasteiger charge is 2.41. The second kappa shape index (κ2) is 7.60. The highest BCUT2D eigenvalue weighted by Crippen LogP contribution is 2.28. The van der Waals surface area contributed by atoms with Gasteiger partial charge in [-0.1, -0.05) is 29.8 Å². The molecule has 1 fully saturated rings. The Labute approximate surface area is 156 Å². The van der Waals surface area contributed by atoms with Gasteiger partial charge < -0.3 is 0 Å². The van der Waals surface area contributed by atoms with Crippen LogP contribution in [-0.2, 0) is 16.1 Å². The third-order valence-electron chi connectivity index (χ3n) is 4.31. The molecule has 6 heteroatoms. The maximum Gasteiger partial charge on any atom is 0.251 e.